The molecule has 0 spiro atoms. The van der Waals surface area contributed by atoms with E-state index in [4.69, 9.17) is 4.74 Å². The van der Waals surface area contributed by atoms with E-state index in [0.29, 0.717) is 6.42 Å². The van der Waals surface area contributed by atoms with Crippen LogP contribution in [0.3, 0.4) is 0 Å². The van der Waals surface area contributed by atoms with E-state index in [1.54, 1.807) is 14.0 Å². The molecule has 14 heteroatoms. The third kappa shape index (κ3) is 7.36. The molecule has 0 bridgehead atoms. The number of aryl methyl sites for hydroxylation is 3. The van der Waals surface area contributed by atoms with E-state index < -0.39 is 33.9 Å². The molecule has 2 amide bonds. The number of rotatable bonds is 13. The summed E-state index contributed by atoms with van der Waals surface area (Å²) in [4.78, 5) is 46.2. The number of imidazole rings is 1. The van der Waals surface area contributed by atoms with Gasteiger partial charge in [0.2, 0.25) is 11.8 Å². The Morgan fingerprint density at radius 2 is 2.02 bits per heavy atom. The normalized spacial score (nSPS) is 16.2. The molecular formula is C26H37N7O6S. The Balaban J connectivity index is 1.20. The summed E-state index contributed by atoms with van der Waals surface area (Å²) >= 11 is 0. The second-order valence-electron chi connectivity index (χ2n) is 10.1. The Kier molecular flexibility index (Phi) is 9.74. The molecule has 218 valence electrons. The molecule has 1 unspecified atom stereocenters. The number of carbonyl (C=O) groups is 3. The highest BCUT2D eigenvalue weighted by Gasteiger charge is 2.42. The first kappa shape index (κ1) is 29.5. The molecule has 1 atom stereocenters. The maximum atomic E-state index is 12.8. The van der Waals surface area contributed by atoms with Crippen LogP contribution in [-0.2, 0) is 49.0 Å². The van der Waals surface area contributed by atoms with Crippen molar-refractivity contribution in [2.75, 3.05) is 38.1 Å². The van der Waals surface area contributed by atoms with Gasteiger partial charge in [-0.2, -0.15) is 4.31 Å². The number of sulfonamides is 1. The maximum absolute atomic E-state index is 12.8. The van der Waals surface area contributed by atoms with Crippen LogP contribution in [0.25, 0.3) is 0 Å². The Labute approximate surface area is 234 Å². The van der Waals surface area contributed by atoms with Crippen LogP contribution in [0.1, 0.15) is 43.9 Å². The first-order valence-electron chi connectivity index (χ1n) is 13.6. The number of aromatic nitrogens is 3. The fraction of sp³-hybridized carbons (Fsp3) is 0.577. The molecule has 2 aromatic rings. The monoisotopic (exact) mass is 575 g/mol. The largest absolute Gasteiger partial charge is 0.464 e. The van der Waals surface area contributed by atoms with E-state index >= 15 is 0 Å². The van der Waals surface area contributed by atoms with E-state index in [-0.39, 0.29) is 43.6 Å². The molecule has 0 saturated carbocycles. The van der Waals surface area contributed by atoms with Gasteiger partial charge in [-0.3, -0.25) is 9.59 Å². The smallest absolute Gasteiger partial charge is 0.330 e. The number of nitrogens with zero attached hydrogens (tertiary/aromatic N) is 4. The number of fused-ring (bicyclic) bond motifs is 1. The van der Waals surface area contributed by atoms with Crippen LogP contribution in [0, 0.1) is 5.92 Å². The molecule has 0 aliphatic carbocycles. The van der Waals surface area contributed by atoms with Crippen molar-refractivity contribution >= 4 is 33.6 Å². The Hall–Kier alpha value is -3.52. The van der Waals surface area contributed by atoms with E-state index in [1.807, 2.05) is 6.07 Å². The minimum Gasteiger partial charge on any atom is -0.464 e. The van der Waals surface area contributed by atoms with Crippen molar-refractivity contribution in [2.24, 2.45) is 13.0 Å². The summed E-state index contributed by atoms with van der Waals surface area (Å²) in [6.45, 7) is 2.53. The van der Waals surface area contributed by atoms with Crippen molar-refractivity contribution in [3.8, 4) is 0 Å². The van der Waals surface area contributed by atoms with Gasteiger partial charge in [-0.1, -0.05) is 6.07 Å². The summed E-state index contributed by atoms with van der Waals surface area (Å²) in [7, 11) is -2.13. The van der Waals surface area contributed by atoms with Gasteiger partial charge < -0.3 is 25.3 Å². The standard InChI is InChI=1S/C26H37N7O6S/c1-3-39-26(36)21(31-25(35)19-14-33(15-19)40(37,38)23-16-32(2)17-29-23)13-28-22(34)9-5-4-8-20-11-10-18-7-6-12-27-24(18)30-20/h10-11,16-17,19,21H,3-9,12-15H2,1-2H3,(H,27,30)(H,28,34)(H,31,35). The lowest BCUT2D eigenvalue weighted by Crippen LogP contribution is -2.59. The average Bonchev–Trinajstić information content (AvgIpc) is 3.35. The minimum atomic E-state index is -3.79. The van der Waals surface area contributed by atoms with E-state index in [9.17, 15) is 22.8 Å². The van der Waals surface area contributed by atoms with Gasteiger partial charge in [0, 0.05) is 51.5 Å². The van der Waals surface area contributed by atoms with Gasteiger partial charge in [0.25, 0.3) is 10.0 Å². The highest BCUT2D eigenvalue weighted by molar-refractivity contribution is 7.89. The van der Waals surface area contributed by atoms with E-state index in [2.05, 4.69) is 32.0 Å². The van der Waals surface area contributed by atoms with E-state index in [0.717, 1.165) is 48.0 Å². The van der Waals surface area contributed by atoms with Crippen molar-refractivity contribution in [1.82, 2.24) is 29.5 Å². The molecule has 4 rings (SSSR count). The zero-order valence-electron chi connectivity index (χ0n) is 22.9. The molecular weight excluding hydrogens is 538 g/mol. The Morgan fingerprint density at radius 3 is 2.75 bits per heavy atom. The number of esters is 1. The van der Waals surface area contributed by atoms with Gasteiger partial charge in [0.15, 0.2) is 5.03 Å². The number of ether oxygens (including phenoxy) is 1. The van der Waals surface area contributed by atoms with Gasteiger partial charge in [-0.25, -0.2) is 23.2 Å². The molecule has 0 radical (unpaired) electrons. The molecule has 0 aromatic carbocycles. The van der Waals surface area contributed by atoms with Crippen LogP contribution in [-0.4, -0.2) is 83.9 Å². The number of amides is 2. The quantitative estimate of drug-likeness (QED) is 0.226. The summed E-state index contributed by atoms with van der Waals surface area (Å²) in [6.07, 6.45) is 7.40. The van der Waals surface area contributed by atoms with Crippen LogP contribution in [0.15, 0.2) is 29.7 Å². The molecule has 4 heterocycles. The van der Waals surface area contributed by atoms with Gasteiger partial charge in [-0.05, 0) is 50.7 Å². The molecule has 3 N–H and O–H groups in total. The van der Waals surface area contributed by atoms with Crippen molar-refractivity contribution in [2.45, 2.75) is 56.5 Å². The number of nitrogens with one attached hydrogen (secondary N) is 3. The summed E-state index contributed by atoms with van der Waals surface area (Å²) < 4.78 is 33.0. The molecule has 40 heavy (non-hydrogen) atoms. The van der Waals surface area contributed by atoms with Gasteiger partial charge in [-0.15, -0.1) is 0 Å². The fourth-order valence-corrected chi connectivity index (χ4v) is 6.08. The molecule has 2 aliphatic heterocycles. The number of unbranched alkanes of at least 4 members (excludes halogenated alkanes) is 1. The highest BCUT2D eigenvalue weighted by Crippen LogP contribution is 2.24. The summed E-state index contributed by atoms with van der Waals surface area (Å²) in [6, 6.07) is 3.07. The number of hydrogen-bond acceptors (Lipinski definition) is 9. The zero-order chi connectivity index (χ0) is 28.7. The summed E-state index contributed by atoms with van der Waals surface area (Å²) in [5.41, 5.74) is 2.22. The van der Waals surface area contributed by atoms with Crippen molar-refractivity contribution in [1.29, 1.82) is 0 Å². The molecule has 13 nitrogen and oxygen atoms in total. The van der Waals surface area contributed by atoms with Crippen LogP contribution in [0.5, 0.6) is 0 Å². The topological polar surface area (TPSA) is 165 Å². The molecule has 2 aromatic heterocycles. The molecule has 1 fully saturated rings. The van der Waals surface area contributed by atoms with Crippen LogP contribution in [0.4, 0.5) is 5.82 Å². The van der Waals surface area contributed by atoms with Crippen molar-refractivity contribution in [3.05, 3.63) is 35.9 Å². The lowest BCUT2D eigenvalue weighted by atomic mass is 10.0. The molecule has 2 aliphatic rings. The van der Waals surface area contributed by atoms with Gasteiger partial charge in [0.05, 0.1) is 18.9 Å². The Morgan fingerprint density at radius 1 is 1.23 bits per heavy atom. The van der Waals surface area contributed by atoms with E-state index in [1.165, 1.54) is 22.7 Å². The number of hydrogen-bond donors (Lipinski definition) is 3. The predicted molar refractivity (Wildman–Crippen MR) is 146 cm³/mol. The second kappa shape index (κ2) is 13.2. The second-order valence-corrected chi connectivity index (χ2v) is 11.9. The summed E-state index contributed by atoms with van der Waals surface area (Å²) in [5, 5.41) is 8.55. The Bertz CT molecular complexity index is 1320. The third-order valence-corrected chi connectivity index (χ3v) is 8.65. The number of pyridine rings is 1. The number of carbonyl (C=O) groups excluding carboxylic acids is 3. The maximum Gasteiger partial charge on any atom is 0.330 e. The SMILES string of the molecule is CCOC(=O)C(CNC(=O)CCCCc1ccc2c(n1)NCCC2)NC(=O)C1CN(S(=O)(=O)c2cn(C)cn2)C1. The number of anilines is 1. The fourth-order valence-electron chi connectivity index (χ4n) is 4.58. The highest BCUT2D eigenvalue weighted by atomic mass is 32.2. The predicted octanol–water partition coefficient (Wildman–Crippen LogP) is 0.371. The van der Waals surface area contributed by atoms with Gasteiger partial charge in [0.1, 0.15) is 11.9 Å². The third-order valence-electron chi connectivity index (χ3n) is 6.93. The van der Waals surface area contributed by atoms with Crippen LogP contribution < -0.4 is 16.0 Å². The summed E-state index contributed by atoms with van der Waals surface area (Å²) in [5.74, 6) is -1.05. The minimum absolute atomic E-state index is 0.0260. The van der Waals surface area contributed by atoms with Crippen molar-refractivity contribution in [3.63, 3.8) is 0 Å². The average molecular weight is 576 g/mol. The first-order chi connectivity index (χ1) is 19.2. The van der Waals surface area contributed by atoms with Gasteiger partial charge >= 0.3 is 5.97 Å². The van der Waals surface area contributed by atoms with Crippen LogP contribution >= 0.6 is 0 Å². The zero-order valence-corrected chi connectivity index (χ0v) is 23.7. The molecule has 1 saturated heterocycles. The van der Waals surface area contributed by atoms with Crippen LogP contribution in [0.2, 0.25) is 0 Å². The lowest BCUT2D eigenvalue weighted by Gasteiger charge is -2.36. The first-order valence-corrected chi connectivity index (χ1v) is 15.1. The van der Waals surface area contributed by atoms with Crippen molar-refractivity contribution < 1.29 is 27.5 Å². The lowest BCUT2D eigenvalue weighted by molar-refractivity contribution is -0.148.